The number of hydrogen-bond acceptors (Lipinski definition) is 6. The Kier molecular flexibility index (Phi) is 7.28. The second-order valence-corrected chi connectivity index (χ2v) is 9.08. The number of rotatable bonds is 9. The minimum absolute atomic E-state index is 0.290. The van der Waals surface area contributed by atoms with Gasteiger partial charge in [0, 0.05) is 13.1 Å². The lowest BCUT2D eigenvalue weighted by Crippen LogP contribution is -2.59. The van der Waals surface area contributed by atoms with Crippen molar-refractivity contribution in [1.29, 1.82) is 0 Å². The summed E-state index contributed by atoms with van der Waals surface area (Å²) in [6, 6.07) is 28.1. The molecule has 2 atom stereocenters. The maximum Gasteiger partial charge on any atom is 0.319 e. The molecule has 0 bridgehead atoms. The zero-order valence-corrected chi connectivity index (χ0v) is 21.3. The van der Waals surface area contributed by atoms with Gasteiger partial charge in [0.1, 0.15) is 17.3 Å². The van der Waals surface area contributed by atoms with Crippen LogP contribution >= 0.6 is 0 Å². The van der Waals surface area contributed by atoms with Gasteiger partial charge in [-0.2, -0.15) is 0 Å². The molecule has 6 nitrogen and oxygen atoms in total. The van der Waals surface area contributed by atoms with Crippen LogP contribution in [0.3, 0.4) is 0 Å². The summed E-state index contributed by atoms with van der Waals surface area (Å²) in [5.74, 6) is -0.282. The number of anilines is 1. The number of carbonyl (C=O) groups excluding carboxylic acids is 1. The number of nitrogens with zero attached hydrogens (tertiary/aromatic N) is 3. The number of fused-ring (bicyclic) bond motifs is 2. The molecule has 188 valence electrons. The van der Waals surface area contributed by atoms with Crippen LogP contribution in [0.2, 0.25) is 0 Å². The molecule has 0 radical (unpaired) electrons. The quantitative estimate of drug-likeness (QED) is 0.304. The molecule has 0 fully saturated rings. The second-order valence-electron chi connectivity index (χ2n) is 9.08. The highest BCUT2D eigenvalue weighted by atomic mass is 16.5. The summed E-state index contributed by atoms with van der Waals surface area (Å²) in [7, 11) is 0. The summed E-state index contributed by atoms with van der Waals surface area (Å²) in [4.78, 5) is 26.0. The zero-order valence-electron chi connectivity index (χ0n) is 21.3. The molecule has 0 spiro atoms. The van der Waals surface area contributed by atoms with E-state index in [4.69, 9.17) is 14.7 Å². The van der Waals surface area contributed by atoms with E-state index in [1.165, 1.54) is 0 Å². The number of para-hydroxylation sites is 2. The third-order valence-electron chi connectivity index (χ3n) is 6.73. The van der Waals surface area contributed by atoms with Crippen LogP contribution in [0.1, 0.15) is 43.0 Å². The predicted octanol–water partition coefficient (Wildman–Crippen LogP) is 5.66. The fourth-order valence-electron chi connectivity index (χ4n) is 5.22. The Hall–Kier alpha value is -4.03. The van der Waals surface area contributed by atoms with Crippen molar-refractivity contribution in [3.05, 3.63) is 108 Å². The first-order valence-corrected chi connectivity index (χ1v) is 12.9. The third-order valence-corrected chi connectivity index (χ3v) is 6.73. The lowest BCUT2D eigenvalue weighted by molar-refractivity contribution is -0.147. The largest absolute Gasteiger partial charge is 0.465 e. The highest BCUT2D eigenvalue weighted by Gasteiger charge is 2.58. The number of hydrogen-bond donors (Lipinski definition) is 1. The normalized spacial score (nSPS) is 18.9. The average molecular weight is 493 g/mol. The summed E-state index contributed by atoms with van der Waals surface area (Å²) < 4.78 is 5.68. The van der Waals surface area contributed by atoms with Crippen LogP contribution in [0.5, 0.6) is 0 Å². The van der Waals surface area contributed by atoms with Gasteiger partial charge in [-0.1, -0.05) is 91.9 Å². The predicted molar refractivity (Wildman–Crippen MR) is 148 cm³/mol. The molecular formula is C31H32N4O2. The molecule has 1 N–H and O–H groups in total. The van der Waals surface area contributed by atoms with Gasteiger partial charge in [-0.05, 0) is 36.6 Å². The van der Waals surface area contributed by atoms with E-state index >= 15 is 0 Å². The van der Waals surface area contributed by atoms with Crippen molar-refractivity contribution >= 4 is 28.9 Å². The first kappa shape index (κ1) is 24.7. The van der Waals surface area contributed by atoms with Gasteiger partial charge in [0.25, 0.3) is 0 Å². The maximum absolute atomic E-state index is 13.8. The molecule has 0 amide bonds. The standard InChI is InChI=1S/C31H32N4O2/c1-3-22-35-29-28(33-25-19-11-12-20-26(25)34-29)27(30(36)37-4-2)31(35,24-17-9-6-10-18-24)32-21-13-16-23-14-7-5-8-15-23/h5-20,27,32H,3-4,21-22H2,1-2H3/b16-13+. The van der Waals surface area contributed by atoms with Crippen LogP contribution in [-0.4, -0.2) is 35.6 Å². The van der Waals surface area contributed by atoms with E-state index in [1.54, 1.807) is 0 Å². The van der Waals surface area contributed by atoms with Crippen LogP contribution in [0.4, 0.5) is 5.82 Å². The SMILES string of the molecule is CCCN1c2nc3ccccc3nc2C(C(=O)OCC)C1(NC/C=C/c1ccccc1)c1ccccc1. The van der Waals surface area contributed by atoms with E-state index in [1.807, 2.05) is 67.6 Å². The number of esters is 1. The summed E-state index contributed by atoms with van der Waals surface area (Å²) in [5.41, 5.74) is 3.39. The molecule has 37 heavy (non-hydrogen) atoms. The van der Waals surface area contributed by atoms with Crippen molar-refractivity contribution in [2.24, 2.45) is 0 Å². The van der Waals surface area contributed by atoms with Gasteiger partial charge in [-0.15, -0.1) is 0 Å². The van der Waals surface area contributed by atoms with Gasteiger partial charge in [0.15, 0.2) is 5.82 Å². The second kappa shape index (κ2) is 10.9. The molecule has 3 aromatic carbocycles. The highest BCUT2D eigenvalue weighted by molar-refractivity contribution is 5.88. The van der Waals surface area contributed by atoms with Crippen molar-refractivity contribution in [1.82, 2.24) is 15.3 Å². The van der Waals surface area contributed by atoms with Gasteiger partial charge in [0.05, 0.1) is 17.6 Å². The summed E-state index contributed by atoms with van der Waals surface area (Å²) >= 11 is 0. The Morgan fingerprint density at radius 1 is 0.946 bits per heavy atom. The highest BCUT2D eigenvalue weighted by Crippen LogP contribution is 2.51. The number of carbonyl (C=O) groups is 1. The van der Waals surface area contributed by atoms with E-state index in [-0.39, 0.29) is 12.6 Å². The van der Waals surface area contributed by atoms with Crippen LogP contribution in [0, 0.1) is 0 Å². The van der Waals surface area contributed by atoms with E-state index in [0.29, 0.717) is 18.8 Å². The van der Waals surface area contributed by atoms with Crippen LogP contribution in [-0.2, 0) is 15.2 Å². The average Bonchev–Trinajstić information content (AvgIpc) is 3.20. The Labute approximate surface area is 218 Å². The monoisotopic (exact) mass is 492 g/mol. The van der Waals surface area contributed by atoms with Crippen molar-refractivity contribution < 1.29 is 9.53 Å². The molecule has 0 saturated carbocycles. The lowest BCUT2D eigenvalue weighted by atomic mass is 9.85. The van der Waals surface area contributed by atoms with E-state index in [9.17, 15) is 4.79 Å². The van der Waals surface area contributed by atoms with Gasteiger partial charge in [0.2, 0.25) is 0 Å². The van der Waals surface area contributed by atoms with Crippen LogP contribution in [0.25, 0.3) is 17.1 Å². The Morgan fingerprint density at radius 2 is 1.59 bits per heavy atom. The molecule has 1 aliphatic heterocycles. The molecule has 6 heteroatoms. The van der Waals surface area contributed by atoms with Gasteiger partial charge < -0.3 is 9.64 Å². The fourth-order valence-corrected chi connectivity index (χ4v) is 5.22. The molecule has 0 aliphatic carbocycles. The molecule has 5 rings (SSSR count). The van der Waals surface area contributed by atoms with Crippen LogP contribution < -0.4 is 10.2 Å². The molecule has 1 aliphatic rings. The van der Waals surface area contributed by atoms with Crippen molar-refractivity contribution in [2.45, 2.75) is 31.8 Å². The first-order chi connectivity index (χ1) is 18.2. The molecule has 1 aromatic heterocycles. The van der Waals surface area contributed by atoms with Gasteiger partial charge in [-0.3, -0.25) is 10.1 Å². The van der Waals surface area contributed by atoms with E-state index in [2.05, 4.69) is 53.6 Å². The van der Waals surface area contributed by atoms with E-state index < -0.39 is 11.6 Å². The van der Waals surface area contributed by atoms with Gasteiger partial charge >= 0.3 is 5.97 Å². The zero-order chi connectivity index (χ0) is 25.7. The smallest absolute Gasteiger partial charge is 0.319 e. The Bertz CT molecular complexity index is 1390. The third kappa shape index (κ3) is 4.60. The van der Waals surface area contributed by atoms with Gasteiger partial charge in [-0.25, -0.2) is 9.97 Å². The number of aromatic nitrogens is 2. The van der Waals surface area contributed by atoms with Crippen molar-refractivity contribution in [3.63, 3.8) is 0 Å². The Morgan fingerprint density at radius 3 is 2.27 bits per heavy atom. The molecule has 2 heterocycles. The molecular weight excluding hydrogens is 460 g/mol. The topological polar surface area (TPSA) is 67.4 Å². The molecule has 4 aromatic rings. The minimum atomic E-state index is -0.912. The number of benzene rings is 3. The van der Waals surface area contributed by atoms with Crippen molar-refractivity contribution in [3.8, 4) is 0 Å². The first-order valence-electron chi connectivity index (χ1n) is 12.9. The summed E-state index contributed by atoms with van der Waals surface area (Å²) in [6.45, 7) is 5.49. The lowest BCUT2D eigenvalue weighted by Gasteiger charge is -2.43. The maximum atomic E-state index is 13.8. The molecule has 0 saturated heterocycles. The van der Waals surface area contributed by atoms with Crippen LogP contribution in [0.15, 0.2) is 91.0 Å². The fraction of sp³-hybridized carbons (Fsp3) is 0.258. The van der Waals surface area contributed by atoms with Crippen molar-refractivity contribution in [2.75, 3.05) is 24.6 Å². The Balaban J connectivity index is 1.68. The minimum Gasteiger partial charge on any atom is -0.465 e. The number of nitrogens with one attached hydrogen (secondary N) is 1. The molecule has 2 unspecified atom stereocenters. The summed E-state index contributed by atoms with van der Waals surface area (Å²) in [6.07, 6.45) is 5.05. The number of ether oxygens (including phenoxy) is 1. The summed E-state index contributed by atoms with van der Waals surface area (Å²) in [5, 5.41) is 3.77. The van der Waals surface area contributed by atoms with E-state index in [0.717, 1.165) is 34.4 Å².